The summed E-state index contributed by atoms with van der Waals surface area (Å²) in [6.07, 6.45) is 0. The molecule has 0 heterocycles. The predicted octanol–water partition coefficient (Wildman–Crippen LogP) is 2.92. The molecule has 0 saturated carbocycles. The second kappa shape index (κ2) is 5.15. The zero-order valence-electron chi connectivity index (χ0n) is 10.9. The van der Waals surface area contributed by atoms with Crippen LogP contribution in [0.4, 0.5) is 0 Å². The average Bonchev–Trinajstić information content (AvgIpc) is 2.22. The summed E-state index contributed by atoms with van der Waals surface area (Å²) < 4.78 is 0. The van der Waals surface area contributed by atoms with Gasteiger partial charge in [-0.25, -0.2) is 0 Å². The molecule has 0 aliphatic carbocycles. The fourth-order valence-corrected chi connectivity index (χ4v) is 1.69. The van der Waals surface area contributed by atoms with E-state index < -0.39 is 0 Å². The Bertz CT molecular complexity index is 382. The van der Waals surface area contributed by atoms with Crippen molar-refractivity contribution in [1.82, 2.24) is 4.90 Å². The summed E-state index contributed by atoms with van der Waals surface area (Å²) in [6, 6.07) is 6.35. The smallest absolute Gasteiger partial charge is 0.225 e. The predicted molar refractivity (Wildman–Crippen MR) is 67.2 cm³/mol. The zero-order valence-corrected chi connectivity index (χ0v) is 10.9. The van der Waals surface area contributed by atoms with Crippen LogP contribution in [-0.4, -0.2) is 17.9 Å². The molecule has 16 heavy (non-hydrogen) atoms. The molecule has 0 bridgehead atoms. The van der Waals surface area contributed by atoms with Crippen LogP contribution in [0, 0.1) is 19.8 Å². The molecule has 1 amide bonds. The molecule has 1 rings (SSSR count). The molecule has 0 unspecified atom stereocenters. The Morgan fingerprint density at radius 1 is 1.25 bits per heavy atom. The lowest BCUT2D eigenvalue weighted by molar-refractivity contribution is -0.133. The number of rotatable bonds is 3. The fraction of sp³-hybridized carbons (Fsp3) is 0.500. The Balaban J connectivity index is 2.73. The van der Waals surface area contributed by atoms with E-state index in [0.29, 0.717) is 6.54 Å². The lowest BCUT2D eigenvalue weighted by Gasteiger charge is -2.19. The number of hydrogen-bond acceptors (Lipinski definition) is 1. The third-order valence-electron chi connectivity index (χ3n) is 2.86. The Labute approximate surface area is 98.3 Å². The number of benzene rings is 1. The standard InChI is InChI=1S/C14H21NO/c1-10(2)14(16)15(5)9-13-7-6-11(3)12(4)8-13/h6-8,10H,9H2,1-5H3. The van der Waals surface area contributed by atoms with Crippen LogP contribution in [0.1, 0.15) is 30.5 Å². The van der Waals surface area contributed by atoms with Crippen molar-refractivity contribution in [3.8, 4) is 0 Å². The van der Waals surface area contributed by atoms with E-state index in [-0.39, 0.29) is 11.8 Å². The van der Waals surface area contributed by atoms with Crippen molar-refractivity contribution in [2.45, 2.75) is 34.2 Å². The topological polar surface area (TPSA) is 20.3 Å². The average molecular weight is 219 g/mol. The maximum Gasteiger partial charge on any atom is 0.225 e. The third-order valence-corrected chi connectivity index (χ3v) is 2.86. The Kier molecular flexibility index (Phi) is 4.11. The minimum atomic E-state index is 0.0662. The number of carbonyl (C=O) groups excluding carboxylic acids is 1. The minimum absolute atomic E-state index is 0.0662. The molecule has 0 radical (unpaired) electrons. The highest BCUT2D eigenvalue weighted by atomic mass is 16.2. The summed E-state index contributed by atoms with van der Waals surface area (Å²) in [5, 5.41) is 0. The molecule has 2 heteroatoms. The summed E-state index contributed by atoms with van der Waals surface area (Å²) in [7, 11) is 1.86. The maximum absolute atomic E-state index is 11.7. The highest BCUT2D eigenvalue weighted by Crippen LogP contribution is 2.12. The molecule has 0 atom stereocenters. The molecule has 0 N–H and O–H groups in total. The second-order valence-corrected chi connectivity index (χ2v) is 4.77. The monoisotopic (exact) mass is 219 g/mol. The van der Waals surface area contributed by atoms with Crippen LogP contribution in [0.5, 0.6) is 0 Å². The van der Waals surface area contributed by atoms with Crippen LogP contribution in [-0.2, 0) is 11.3 Å². The molecule has 2 nitrogen and oxygen atoms in total. The van der Waals surface area contributed by atoms with Crippen LogP contribution in [0.2, 0.25) is 0 Å². The van der Waals surface area contributed by atoms with Gasteiger partial charge >= 0.3 is 0 Å². The SMILES string of the molecule is Cc1ccc(CN(C)C(=O)C(C)C)cc1C. The number of amides is 1. The summed E-state index contributed by atoms with van der Waals surface area (Å²) in [5.41, 5.74) is 3.77. The first-order chi connectivity index (χ1) is 7.41. The van der Waals surface area contributed by atoms with Crippen LogP contribution in [0.15, 0.2) is 18.2 Å². The Morgan fingerprint density at radius 3 is 2.38 bits per heavy atom. The van der Waals surface area contributed by atoms with Crippen molar-refractivity contribution in [2.24, 2.45) is 5.92 Å². The van der Waals surface area contributed by atoms with Crippen LogP contribution in [0.3, 0.4) is 0 Å². The van der Waals surface area contributed by atoms with E-state index in [0.717, 1.165) is 0 Å². The van der Waals surface area contributed by atoms with E-state index in [9.17, 15) is 4.79 Å². The molecule has 0 aromatic heterocycles. The minimum Gasteiger partial charge on any atom is -0.341 e. The van der Waals surface area contributed by atoms with Crippen molar-refractivity contribution >= 4 is 5.91 Å². The molecule has 0 aliphatic heterocycles. The zero-order chi connectivity index (χ0) is 12.3. The van der Waals surface area contributed by atoms with Gasteiger partial charge in [-0.05, 0) is 30.5 Å². The van der Waals surface area contributed by atoms with Gasteiger partial charge in [0, 0.05) is 19.5 Å². The first-order valence-corrected chi connectivity index (χ1v) is 5.73. The first-order valence-electron chi connectivity index (χ1n) is 5.73. The highest BCUT2D eigenvalue weighted by molar-refractivity contribution is 5.77. The summed E-state index contributed by atoms with van der Waals surface area (Å²) >= 11 is 0. The largest absolute Gasteiger partial charge is 0.341 e. The van der Waals surface area contributed by atoms with Gasteiger partial charge in [0.2, 0.25) is 5.91 Å². The Morgan fingerprint density at radius 2 is 1.88 bits per heavy atom. The van der Waals surface area contributed by atoms with Gasteiger partial charge in [0.1, 0.15) is 0 Å². The van der Waals surface area contributed by atoms with E-state index in [1.807, 2.05) is 20.9 Å². The van der Waals surface area contributed by atoms with Crippen LogP contribution in [0.25, 0.3) is 0 Å². The molecule has 1 aromatic rings. The molecule has 0 saturated heterocycles. The van der Waals surface area contributed by atoms with E-state index in [1.165, 1.54) is 16.7 Å². The van der Waals surface area contributed by atoms with Crippen molar-refractivity contribution in [3.05, 3.63) is 34.9 Å². The Hall–Kier alpha value is -1.31. The fourth-order valence-electron chi connectivity index (χ4n) is 1.69. The van der Waals surface area contributed by atoms with E-state index >= 15 is 0 Å². The van der Waals surface area contributed by atoms with Gasteiger partial charge in [0.15, 0.2) is 0 Å². The van der Waals surface area contributed by atoms with Crippen molar-refractivity contribution in [2.75, 3.05) is 7.05 Å². The van der Waals surface area contributed by atoms with E-state index in [2.05, 4.69) is 32.0 Å². The lowest BCUT2D eigenvalue weighted by Crippen LogP contribution is -2.29. The van der Waals surface area contributed by atoms with Gasteiger partial charge in [0.25, 0.3) is 0 Å². The normalized spacial score (nSPS) is 10.6. The molecule has 1 aromatic carbocycles. The summed E-state index contributed by atoms with van der Waals surface area (Å²) in [4.78, 5) is 13.5. The number of hydrogen-bond donors (Lipinski definition) is 0. The molecular weight excluding hydrogens is 198 g/mol. The van der Waals surface area contributed by atoms with Gasteiger partial charge in [-0.1, -0.05) is 32.0 Å². The molecule has 0 aliphatic rings. The van der Waals surface area contributed by atoms with Gasteiger partial charge in [-0.2, -0.15) is 0 Å². The molecule has 88 valence electrons. The quantitative estimate of drug-likeness (QED) is 0.765. The van der Waals surface area contributed by atoms with Gasteiger partial charge in [-0.15, -0.1) is 0 Å². The number of aryl methyl sites for hydroxylation is 2. The molecule has 0 spiro atoms. The third kappa shape index (κ3) is 3.09. The van der Waals surface area contributed by atoms with Crippen molar-refractivity contribution in [3.63, 3.8) is 0 Å². The molecule has 0 fully saturated rings. The maximum atomic E-state index is 11.7. The van der Waals surface area contributed by atoms with Gasteiger partial charge in [0.05, 0.1) is 0 Å². The summed E-state index contributed by atoms with van der Waals surface area (Å²) in [6.45, 7) is 8.75. The van der Waals surface area contributed by atoms with Crippen molar-refractivity contribution in [1.29, 1.82) is 0 Å². The first kappa shape index (κ1) is 12.8. The number of carbonyl (C=O) groups is 1. The highest BCUT2D eigenvalue weighted by Gasteiger charge is 2.12. The second-order valence-electron chi connectivity index (χ2n) is 4.77. The lowest BCUT2D eigenvalue weighted by atomic mass is 10.1. The van der Waals surface area contributed by atoms with Gasteiger partial charge < -0.3 is 4.90 Å². The number of nitrogens with zero attached hydrogens (tertiary/aromatic N) is 1. The summed E-state index contributed by atoms with van der Waals surface area (Å²) in [5.74, 6) is 0.259. The van der Waals surface area contributed by atoms with Crippen molar-refractivity contribution < 1.29 is 4.79 Å². The van der Waals surface area contributed by atoms with E-state index in [1.54, 1.807) is 4.90 Å². The van der Waals surface area contributed by atoms with E-state index in [4.69, 9.17) is 0 Å². The van der Waals surface area contributed by atoms with Crippen LogP contribution >= 0.6 is 0 Å². The van der Waals surface area contributed by atoms with Gasteiger partial charge in [-0.3, -0.25) is 4.79 Å². The van der Waals surface area contributed by atoms with Crippen LogP contribution < -0.4 is 0 Å². The molecular formula is C14H21NO.